The third-order valence-electron chi connectivity index (χ3n) is 1.64. The summed E-state index contributed by atoms with van der Waals surface area (Å²) in [5.74, 6) is 2.95. The maximum atomic E-state index is 4.27. The Balaban J connectivity index is 3.03. The summed E-state index contributed by atoms with van der Waals surface area (Å²) < 4.78 is 0. The summed E-state index contributed by atoms with van der Waals surface area (Å²) in [7, 11) is -1.61. The van der Waals surface area contributed by atoms with Crippen LogP contribution in [0.1, 0.15) is 6.92 Å². The highest BCUT2D eigenvalue weighted by Crippen LogP contribution is 1.97. The van der Waals surface area contributed by atoms with Gasteiger partial charge in [0.2, 0.25) is 0 Å². The van der Waals surface area contributed by atoms with Crippen LogP contribution in [-0.4, -0.2) is 18.0 Å². The molecule has 0 amide bonds. The average molecular weight is 176 g/mol. The summed E-state index contributed by atoms with van der Waals surface area (Å²) in [5, 5.41) is 1.05. The molecule has 1 aromatic rings. The molecule has 0 unspecified atom stereocenters. The van der Waals surface area contributed by atoms with Gasteiger partial charge in [0, 0.05) is 18.6 Å². The second-order valence-electron chi connectivity index (χ2n) is 3.09. The lowest BCUT2D eigenvalue weighted by Crippen LogP contribution is -2.42. The number of hydrogen-bond donors (Lipinski definition) is 0. The van der Waals surface area contributed by atoms with E-state index in [0.717, 1.165) is 5.32 Å². The van der Waals surface area contributed by atoms with Crippen molar-refractivity contribution in [3.63, 3.8) is 0 Å². The zero-order chi connectivity index (χ0) is 9.03. The summed E-state index contributed by atoms with van der Waals surface area (Å²) in [6.07, 6.45) is 5.23. The Bertz CT molecular complexity index is 308. The van der Waals surface area contributed by atoms with E-state index in [-0.39, 0.29) is 0 Å². The van der Waals surface area contributed by atoms with Crippen molar-refractivity contribution in [2.75, 3.05) is 0 Å². The minimum atomic E-state index is -1.61. The summed E-state index contributed by atoms with van der Waals surface area (Å²) in [5.41, 5.74) is 3.22. The van der Waals surface area contributed by atoms with Crippen LogP contribution in [0.5, 0.6) is 0 Å². The van der Waals surface area contributed by atoms with Crippen LogP contribution < -0.4 is 5.32 Å². The Morgan fingerprint density at radius 1 is 1.33 bits per heavy atom. The maximum Gasteiger partial charge on any atom is 0.186 e. The van der Waals surface area contributed by atoms with Crippen LogP contribution in [0.15, 0.2) is 18.6 Å². The summed E-state index contributed by atoms with van der Waals surface area (Å²) in [6.45, 7) is 6.21. The van der Waals surface area contributed by atoms with E-state index in [4.69, 9.17) is 0 Å². The number of rotatable bonds is 1. The Morgan fingerprint density at radius 2 is 2.08 bits per heavy atom. The van der Waals surface area contributed by atoms with Crippen molar-refractivity contribution in [3.05, 3.63) is 18.6 Å². The highest BCUT2D eigenvalue weighted by atomic mass is 28.3. The van der Waals surface area contributed by atoms with E-state index in [1.165, 1.54) is 0 Å². The highest BCUT2D eigenvalue weighted by molar-refractivity contribution is 6.95. The molecule has 2 nitrogen and oxygen atoms in total. The van der Waals surface area contributed by atoms with Crippen molar-refractivity contribution < 1.29 is 0 Å². The maximum absolute atomic E-state index is 4.27. The van der Waals surface area contributed by atoms with Gasteiger partial charge in [0.05, 0.1) is 5.32 Å². The molecule has 0 spiro atoms. The molecular weight excluding hydrogens is 164 g/mol. The zero-order valence-corrected chi connectivity index (χ0v) is 8.63. The van der Waals surface area contributed by atoms with Crippen molar-refractivity contribution in [1.29, 1.82) is 0 Å². The molecule has 0 saturated carbocycles. The van der Waals surface area contributed by atoms with E-state index < -0.39 is 8.07 Å². The van der Waals surface area contributed by atoms with E-state index in [9.17, 15) is 0 Å². The quantitative estimate of drug-likeness (QED) is 0.470. The monoisotopic (exact) mass is 176 g/mol. The lowest BCUT2D eigenvalue weighted by atomic mass is 10.8. The Hall–Kier alpha value is -1.14. The van der Waals surface area contributed by atoms with E-state index in [0.29, 0.717) is 0 Å². The number of nitrogens with zero attached hydrogens (tertiary/aromatic N) is 2. The van der Waals surface area contributed by atoms with Gasteiger partial charge >= 0.3 is 0 Å². The van der Waals surface area contributed by atoms with Gasteiger partial charge in [0.1, 0.15) is 0 Å². The molecule has 0 saturated heterocycles. The van der Waals surface area contributed by atoms with Gasteiger partial charge in [0.25, 0.3) is 0 Å². The number of aromatic nitrogens is 2. The molecule has 1 heterocycles. The Morgan fingerprint density at radius 3 is 2.58 bits per heavy atom. The molecule has 0 aliphatic carbocycles. The lowest BCUT2D eigenvalue weighted by Gasteiger charge is -2.12. The van der Waals surface area contributed by atoms with Gasteiger partial charge < -0.3 is 0 Å². The molecule has 0 aliphatic rings. The van der Waals surface area contributed by atoms with E-state index >= 15 is 0 Å². The highest BCUT2D eigenvalue weighted by Gasteiger charge is 2.22. The van der Waals surface area contributed by atoms with Crippen LogP contribution in [0.2, 0.25) is 13.1 Å². The van der Waals surface area contributed by atoms with Crippen molar-refractivity contribution in [2.24, 2.45) is 0 Å². The zero-order valence-electron chi connectivity index (χ0n) is 7.63. The number of hydrogen-bond acceptors (Lipinski definition) is 2. The van der Waals surface area contributed by atoms with E-state index in [1.54, 1.807) is 12.4 Å². The molecule has 1 aromatic heterocycles. The summed E-state index contributed by atoms with van der Waals surface area (Å²) in [6, 6.07) is 0. The SMILES string of the molecule is CC#C[Si](C)(C)c1cnccn1. The lowest BCUT2D eigenvalue weighted by molar-refractivity contribution is 1.23. The van der Waals surface area contributed by atoms with Gasteiger partial charge in [0.15, 0.2) is 8.07 Å². The molecule has 0 N–H and O–H groups in total. The predicted octanol–water partition coefficient (Wildman–Crippen LogP) is 0.954. The normalized spacial score (nSPS) is 10.2. The second kappa shape index (κ2) is 3.50. The molecule has 12 heavy (non-hydrogen) atoms. The van der Waals surface area contributed by atoms with Gasteiger partial charge in [-0.3, -0.25) is 9.97 Å². The van der Waals surface area contributed by atoms with Crippen molar-refractivity contribution >= 4 is 13.4 Å². The fourth-order valence-electron chi connectivity index (χ4n) is 0.998. The van der Waals surface area contributed by atoms with Crippen molar-refractivity contribution in [2.45, 2.75) is 20.0 Å². The Kier molecular flexibility index (Phi) is 2.61. The molecule has 0 radical (unpaired) electrons. The van der Waals surface area contributed by atoms with Crippen molar-refractivity contribution in [3.8, 4) is 11.5 Å². The van der Waals surface area contributed by atoms with Gasteiger partial charge in [-0.2, -0.15) is 0 Å². The first-order chi connectivity index (χ1) is 5.67. The first kappa shape index (κ1) is 8.95. The van der Waals surface area contributed by atoms with Crippen LogP contribution >= 0.6 is 0 Å². The van der Waals surface area contributed by atoms with Crippen LogP contribution in [0.3, 0.4) is 0 Å². The van der Waals surface area contributed by atoms with Crippen LogP contribution in [-0.2, 0) is 0 Å². The summed E-state index contributed by atoms with van der Waals surface area (Å²) >= 11 is 0. The Labute approximate surface area is 74.1 Å². The van der Waals surface area contributed by atoms with Gasteiger partial charge in [-0.05, 0) is 6.92 Å². The first-order valence-corrected chi connectivity index (χ1v) is 6.87. The largest absolute Gasteiger partial charge is 0.262 e. The second-order valence-corrected chi connectivity index (χ2v) is 7.10. The molecule has 0 aromatic carbocycles. The predicted molar refractivity (Wildman–Crippen MR) is 52.6 cm³/mol. The van der Waals surface area contributed by atoms with E-state index in [1.807, 2.05) is 13.1 Å². The third kappa shape index (κ3) is 1.92. The molecule has 0 bridgehead atoms. The van der Waals surface area contributed by atoms with Crippen LogP contribution in [0.4, 0.5) is 0 Å². The molecule has 62 valence electrons. The minimum absolute atomic E-state index is 1.05. The fraction of sp³-hybridized carbons (Fsp3) is 0.333. The van der Waals surface area contributed by atoms with Gasteiger partial charge in [-0.25, -0.2) is 0 Å². The smallest absolute Gasteiger partial charge is 0.186 e. The molecular formula is C9H12N2Si. The van der Waals surface area contributed by atoms with Crippen LogP contribution in [0, 0.1) is 11.5 Å². The molecule has 1 rings (SSSR count). The van der Waals surface area contributed by atoms with Crippen molar-refractivity contribution in [1.82, 2.24) is 9.97 Å². The van der Waals surface area contributed by atoms with E-state index in [2.05, 4.69) is 34.5 Å². The first-order valence-electron chi connectivity index (χ1n) is 3.87. The molecule has 0 fully saturated rings. The van der Waals surface area contributed by atoms with Gasteiger partial charge in [-0.1, -0.05) is 13.1 Å². The summed E-state index contributed by atoms with van der Waals surface area (Å²) in [4.78, 5) is 8.30. The molecule has 3 heteroatoms. The standard InChI is InChI=1S/C9H12N2Si/c1-4-7-12(2,3)9-8-10-5-6-11-9/h5-6,8H,1-3H3. The van der Waals surface area contributed by atoms with Gasteiger partial charge in [-0.15, -0.1) is 11.5 Å². The third-order valence-corrected chi connectivity index (χ3v) is 4.05. The van der Waals surface area contributed by atoms with Crippen LogP contribution in [0.25, 0.3) is 0 Å². The molecule has 0 atom stereocenters. The topological polar surface area (TPSA) is 25.8 Å². The fourth-order valence-corrected chi connectivity index (χ4v) is 2.55. The average Bonchev–Trinajstić information content (AvgIpc) is 2.06. The minimum Gasteiger partial charge on any atom is -0.262 e. The molecule has 0 aliphatic heterocycles.